The second kappa shape index (κ2) is 7.84. The number of carbonyl (C=O) groups excluding carboxylic acids is 2. The van der Waals surface area contributed by atoms with Gasteiger partial charge in [0.05, 0.1) is 6.61 Å². The van der Waals surface area contributed by atoms with E-state index in [2.05, 4.69) is 10.1 Å². The molecule has 0 saturated heterocycles. The highest BCUT2D eigenvalue weighted by Crippen LogP contribution is 1.93. The van der Waals surface area contributed by atoms with Crippen molar-refractivity contribution in [3.05, 3.63) is 11.6 Å². The number of ether oxygens (including phenoxy) is 1. The van der Waals surface area contributed by atoms with E-state index in [9.17, 15) is 9.59 Å². The highest BCUT2D eigenvalue weighted by Gasteiger charge is 2.01. The topological polar surface area (TPSA) is 81.4 Å². The van der Waals surface area contributed by atoms with E-state index in [0.717, 1.165) is 6.42 Å². The highest BCUT2D eigenvalue weighted by atomic mass is 16.5. The van der Waals surface area contributed by atoms with Gasteiger partial charge in [0.15, 0.2) is 0 Å². The van der Waals surface area contributed by atoms with Crippen molar-refractivity contribution in [3.8, 4) is 0 Å². The van der Waals surface area contributed by atoms with Gasteiger partial charge in [0, 0.05) is 12.1 Å². The predicted molar refractivity (Wildman–Crippen MR) is 57.2 cm³/mol. The van der Waals surface area contributed by atoms with Gasteiger partial charge < -0.3 is 15.8 Å². The number of nitrogens with two attached hydrogens (primary N) is 1. The normalized spacial score (nSPS) is 10.9. The first-order valence-corrected chi connectivity index (χ1v) is 4.91. The predicted octanol–water partition coefficient (Wildman–Crippen LogP) is 0.944. The third-order valence-electron chi connectivity index (χ3n) is 1.89. The van der Waals surface area contributed by atoms with Crippen molar-refractivity contribution in [1.82, 2.24) is 5.32 Å². The van der Waals surface area contributed by atoms with Crippen LogP contribution in [0.2, 0.25) is 0 Å². The Labute approximate surface area is 89.7 Å². The molecule has 0 unspecified atom stereocenters. The van der Waals surface area contributed by atoms with E-state index in [1.54, 1.807) is 13.0 Å². The van der Waals surface area contributed by atoms with Gasteiger partial charge in [-0.1, -0.05) is 6.08 Å². The van der Waals surface area contributed by atoms with Gasteiger partial charge >= 0.3 is 6.09 Å². The average Bonchev–Trinajstić information content (AvgIpc) is 2.21. The Balaban J connectivity index is 3.39. The first kappa shape index (κ1) is 13.5. The molecule has 0 atom stereocenters. The summed E-state index contributed by atoms with van der Waals surface area (Å²) in [5.74, 6) is -0.0617. The van der Waals surface area contributed by atoms with Crippen LogP contribution in [-0.4, -0.2) is 25.2 Å². The van der Waals surface area contributed by atoms with Crippen molar-refractivity contribution in [2.24, 2.45) is 5.73 Å². The summed E-state index contributed by atoms with van der Waals surface area (Å²) in [4.78, 5) is 21.4. The number of allylic oxidation sites excluding steroid dienone is 1. The average molecular weight is 214 g/mol. The lowest BCUT2D eigenvalue weighted by molar-refractivity contribution is -0.117. The van der Waals surface area contributed by atoms with Gasteiger partial charge in [-0.15, -0.1) is 0 Å². The van der Waals surface area contributed by atoms with Gasteiger partial charge in [-0.05, 0) is 26.7 Å². The summed E-state index contributed by atoms with van der Waals surface area (Å²) < 4.78 is 4.53. The minimum Gasteiger partial charge on any atom is -0.450 e. The molecule has 3 N–H and O–H groups in total. The second-order valence-electron chi connectivity index (χ2n) is 3.10. The van der Waals surface area contributed by atoms with Crippen LogP contribution in [0, 0.1) is 0 Å². The maximum Gasteiger partial charge on any atom is 0.404 e. The lowest BCUT2D eigenvalue weighted by atomic mass is 10.2. The van der Waals surface area contributed by atoms with Crippen molar-refractivity contribution in [2.45, 2.75) is 26.7 Å². The SMILES string of the molecule is C/C=C(\C)C(=O)NCCCCOC(N)=O. The molecule has 0 radical (unpaired) electrons. The Kier molecular flexibility index (Phi) is 7.05. The first-order valence-electron chi connectivity index (χ1n) is 4.91. The van der Waals surface area contributed by atoms with Gasteiger partial charge in [-0.3, -0.25) is 4.79 Å². The Bertz CT molecular complexity index is 249. The van der Waals surface area contributed by atoms with Crippen LogP contribution >= 0.6 is 0 Å². The minimum atomic E-state index is -0.760. The third-order valence-corrected chi connectivity index (χ3v) is 1.89. The van der Waals surface area contributed by atoms with Crippen LogP contribution in [0.3, 0.4) is 0 Å². The van der Waals surface area contributed by atoms with Crippen LogP contribution < -0.4 is 11.1 Å². The zero-order valence-electron chi connectivity index (χ0n) is 9.21. The molecule has 0 aromatic rings. The summed E-state index contributed by atoms with van der Waals surface area (Å²) >= 11 is 0. The van der Waals surface area contributed by atoms with Crippen molar-refractivity contribution in [1.29, 1.82) is 0 Å². The third kappa shape index (κ3) is 7.54. The number of rotatable bonds is 6. The molecule has 0 rings (SSSR count). The van der Waals surface area contributed by atoms with Crippen LogP contribution in [0.15, 0.2) is 11.6 Å². The van der Waals surface area contributed by atoms with E-state index in [4.69, 9.17) is 5.73 Å². The highest BCUT2D eigenvalue weighted by molar-refractivity contribution is 5.92. The fourth-order valence-electron chi connectivity index (χ4n) is 0.872. The molecular formula is C10H18N2O3. The molecule has 0 aliphatic carbocycles. The van der Waals surface area contributed by atoms with Gasteiger partial charge in [-0.25, -0.2) is 4.79 Å². The summed E-state index contributed by atoms with van der Waals surface area (Å²) in [7, 11) is 0. The molecule has 0 fully saturated rings. The lowest BCUT2D eigenvalue weighted by Gasteiger charge is -2.04. The molecule has 5 heteroatoms. The van der Waals surface area contributed by atoms with Gasteiger partial charge in [0.2, 0.25) is 5.91 Å². The van der Waals surface area contributed by atoms with E-state index in [-0.39, 0.29) is 5.91 Å². The zero-order chi connectivity index (χ0) is 11.7. The standard InChI is InChI=1S/C10H18N2O3/c1-3-8(2)9(13)12-6-4-5-7-15-10(11)14/h3H,4-7H2,1-2H3,(H2,11,14)(H,12,13)/b8-3+. The fraction of sp³-hybridized carbons (Fsp3) is 0.600. The lowest BCUT2D eigenvalue weighted by Crippen LogP contribution is -2.25. The molecular weight excluding hydrogens is 196 g/mol. The van der Waals surface area contributed by atoms with E-state index in [1.165, 1.54) is 0 Å². The number of hydrogen-bond acceptors (Lipinski definition) is 3. The summed E-state index contributed by atoms with van der Waals surface area (Å²) in [5, 5.41) is 2.74. The van der Waals surface area contributed by atoms with Gasteiger partial charge in [0.1, 0.15) is 0 Å². The number of carbonyl (C=O) groups is 2. The molecule has 5 nitrogen and oxygen atoms in total. The summed E-state index contributed by atoms with van der Waals surface area (Å²) in [6.07, 6.45) is 2.45. The largest absolute Gasteiger partial charge is 0.450 e. The van der Waals surface area contributed by atoms with Gasteiger partial charge in [0.25, 0.3) is 0 Å². The molecule has 0 heterocycles. The molecule has 0 saturated carbocycles. The smallest absolute Gasteiger partial charge is 0.404 e. The molecule has 0 aromatic heterocycles. The maximum absolute atomic E-state index is 11.2. The second-order valence-corrected chi connectivity index (χ2v) is 3.10. The summed E-state index contributed by atoms with van der Waals surface area (Å²) in [5.41, 5.74) is 5.47. The number of unbranched alkanes of at least 4 members (excludes halogenated alkanes) is 1. The minimum absolute atomic E-state index is 0.0617. The molecule has 0 aromatic carbocycles. The maximum atomic E-state index is 11.2. The monoisotopic (exact) mass is 214 g/mol. The molecule has 86 valence electrons. The Morgan fingerprint density at radius 1 is 1.40 bits per heavy atom. The van der Waals surface area contributed by atoms with Crippen molar-refractivity contribution < 1.29 is 14.3 Å². The number of amides is 2. The Morgan fingerprint density at radius 3 is 2.60 bits per heavy atom. The van der Waals surface area contributed by atoms with Crippen LogP contribution in [-0.2, 0) is 9.53 Å². The molecule has 0 aliphatic heterocycles. The molecule has 15 heavy (non-hydrogen) atoms. The Morgan fingerprint density at radius 2 is 2.07 bits per heavy atom. The van der Waals surface area contributed by atoms with Crippen LogP contribution in [0.4, 0.5) is 4.79 Å². The number of hydrogen-bond donors (Lipinski definition) is 2. The van der Waals surface area contributed by atoms with E-state index in [1.807, 2.05) is 6.92 Å². The van der Waals surface area contributed by atoms with Crippen molar-refractivity contribution >= 4 is 12.0 Å². The summed E-state index contributed by atoms with van der Waals surface area (Å²) in [6.45, 7) is 4.45. The van der Waals surface area contributed by atoms with E-state index >= 15 is 0 Å². The summed E-state index contributed by atoms with van der Waals surface area (Å²) in [6, 6.07) is 0. The van der Waals surface area contributed by atoms with Crippen molar-refractivity contribution in [3.63, 3.8) is 0 Å². The van der Waals surface area contributed by atoms with Crippen LogP contribution in [0.25, 0.3) is 0 Å². The van der Waals surface area contributed by atoms with E-state index in [0.29, 0.717) is 25.1 Å². The van der Waals surface area contributed by atoms with Crippen LogP contribution in [0.1, 0.15) is 26.7 Å². The molecule has 2 amide bonds. The Hall–Kier alpha value is -1.52. The number of primary amides is 1. The zero-order valence-corrected chi connectivity index (χ0v) is 9.21. The first-order chi connectivity index (χ1) is 7.07. The van der Waals surface area contributed by atoms with E-state index < -0.39 is 6.09 Å². The fourth-order valence-corrected chi connectivity index (χ4v) is 0.872. The molecule has 0 aliphatic rings. The van der Waals surface area contributed by atoms with Crippen molar-refractivity contribution in [2.75, 3.05) is 13.2 Å². The molecule has 0 spiro atoms. The molecule has 0 bridgehead atoms. The van der Waals surface area contributed by atoms with Crippen LogP contribution in [0.5, 0.6) is 0 Å². The number of nitrogens with one attached hydrogen (secondary N) is 1. The quantitative estimate of drug-likeness (QED) is 0.510. The van der Waals surface area contributed by atoms with Gasteiger partial charge in [-0.2, -0.15) is 0 Å².